The fourth-order valence-corrected chi connectivity index (χ4v) is 5.30. The van der Waals surface area contributed by atoms with E-state index in [1.165, 1.54) is 16.7 Å². The van der Waals surface area contributed by atoms with Crippen molar-refractivity contribution >= 4 is 33.7 Å². The van der Waals surface area contributed by atoms with E-state index in [1.807, 2.05) is 45.3 Å². The summed E-state index contributed by atoms with van der Waals surface area (Å²) in [6.07, 6.45) is 3.81. The summed E-state index contributed by atoms with van der Waals surface area (Å²) in [5.41, 5.74) is 7.56. The van der Waals surface area contributed by atoms with Crippen molar-refractivity contribution in [2.75, 3.05) is 0 Å². The van der Waals surface area contributed by atoms with Gasteiger partial charge in [-0.3, -0.25) is 4.57 Å². The molecular formula is C23H24FN3S2. The Kier molecular flexibility index (Phi) is 5.03. The van der Waals surface area contributed by atoms with Gasteiger partial charge in [0, 0.05) is 18.0 Å². The van der Waals surface area contributed by atoms with Gasteiger partial charge in [0.25, 0.3) is 0 Å². The first-order valence-electron chi connectivity index (χ1n) is 9.55. The smallest absolute Gasteiger partial charge is 0.146 e. The van der Waals surface area contributed by atoms with Crippen LogP contribution in [0.2, 0.25) is 0 Å². The molecule has 2 heterocycles. The molecule has 0 amide bonds. The molecule has 150 valence electrons. The fraction of sp³-hybridized carbons (Fsp3) is 0.304. The number of imidazole rings is 1. The number of aryl methyl sites for hydroxylation is 4. The quantitative estimate of drug-likeness (QED) is 0.345. The summed E-state index contributed by atoms with van der Waals surface area (Å²) in [7, 11) is 0. The molecule has 6 heteroatoms. The highest BCUT2D eigenvalue weighted by Crippen LogP contribution is 2.45. The van der Waals surface area contributed by atoms with Gasteiger partial charge in [0.1, 0.15) is 5.82 Å². The topological polar surface area (TPSA) is 30.7 Å². The fourth-order valence-electron chi connectivity index (χ4n) is 4.09. The van der Waals surface area contributed by atoms with Crippen LogP contribution in [0.5, 0.6) is 0 Å². The minimum absolute atomic E-state index is 0.364. The highest BCUT2D eigenvalue weighted by molar-refractivity contribution is 7.95. The zero-order valence-electron chi connectivity index (χ0n) is 17.5. The molecule has 0 N–H and O–H groups in total. The van der Waals surface area contributed by atoms with E-state index in [2.05, 4.69) is 42.5 Å². The van der Waals surface area contributed by atoms with Crippen LogP contribution in [0.15, 0.2) is 36.7 Å². The van der Waals surface area contributed by atoms with Crippen molar-refractivity contribution in [3.63, 3.8) is 0 Å². The Labute approximate surface area is 179 Å². The van der Waals surface area contributed by atoms with Crippen LogP contribution in [0.3, 0.4) is 0 Å². The van der Waals surface area contributed by atoms with Crippen molar-refractivity contribution in [2.45, 2.75) is 46.3 Å². The number of hydrogen-bond donors (Lipinski definition) is 0. The predicted molar refractivity (Wildman–Crippen MR) is 123 cm³/mol. The highest BCUT2D eigenvalue weighted by atomic mass is 32.2. The summed E-state index contributed by atoms with van der Waals surface area (Å²) in [4.78, 5) is 9.41. The minimum atomic E-state index is -0.699. The molecular weight excluding hydrogens is 401 g/mol. The van der Waals surface area contributed by atoms with E-state index >= 15 is 0 Å². The van der Waals surface area contributed by atoms with Crippen molar-refractivity contribution < 1.29 is 3.89 Å². The van der Waals surface area contributed by atoms with Crippen LogP contribution >= 0.6 is 23.5 Å². The van der Waals surface area contributed by atoms with Crippen LogP contribution in [-0.4, -0.2) is 14.5 Å². The Bertz CT molecular complexity index is 1200. The number of benzene rings is 2. The molecule has 0 radical (unpaired) electrons. The third kappa shape index (κ3) is 3.38. The average molecular weight is 426 g/mol. The lowest BCUT2D eigenvalue weighted by molar-refractivity contribution is 0.743. The molecule has 0 spiro atoms. The lowest BCUT2D eigenvalue weighted by atomic mass is 9.95. The number of aromatic nitrogens is 3. The Hall–Kier alpha value is -2.18. The lowest BCUT2D eigenvalue weighted by Gasteiger charge is -2.24. The lowest BCUT2D eigenvalue weighted by Crippen LogP contribution is -2.13. The summed E-state index contributed by atoms with van der Waals surface area (Å²) in [5, 5.41) is 0.991. The van der Waals surface area contributed by atoms with E-state index in [-0.39, 0.29) is 0 Å². The number of rotatable bonds is 4. The SMILES string of the molecule is Cc1cc(C)c(-n2ccnc2-c2c(C(C)(C)SF)ccc3nc(C)sc23)c(C)c1. The predicted octanol–water partition coefficient (Wildman–Crippen LogP) is 7.24. The van der Waals surface area contributed by atoms with E-state index in [0.29, 0.717) is 12.1 Å². The van der Waals surface area contributed by atoms with Gasteiger partial charge in [-0.25, -0.2) is 9.97 Å². The van der Waals surface area contributed by atoms with E-state index in [1.54, 1.807) is 11.3 Å². The number of nitrogens with zero attached hydrogens (tertiary/aromatic N) is 3. The number of halogens is 1. The van der Waals surface area contributed by atoms with Gasteiger partial charge in [-0.15, -0.1) is 11.3 Å². The summed E-state index contributed by atoms with van der Waals surface area (Å²) < 4.78 is 16.4. The summed E-state index contributed by atoms with van der Waals surface area (Å²) in [6, 6.07) is 8.36. The first-order valence-corrected chi connectivity index (χ1v) is 11.1. The molecule has 0 aliphatic rings. The number of thiazole rings is 1. The number of fused-ring (bicyclic) bond motifs is 1. The zero-order chi connectivity index (χ0) is 20.9. The normalized spacial score (nSPS) is 12.1. The minimum Gasteiger partial charge on any atom is -0.299 e. The van der Waals surface area contributed by atoms with Gasteiger partial charge in [-0.05, 0) is 64.3 Å². The molecule has 29 heavy (non-hydrogen) atoms. The maximum absolute atomic E-state index is 14.0. The molecule has 2 aromatic carbocycles. The Morgan fingerprint density at radius 2 is 1.76 bits per heavy atom. The van der Waals surface area contributed by atoms with Gasteiger partial charge in [-0.2, -0.15) is 3.89 Å². The standard InChI is InChI=1S/C23H24FN3S2/c1-13-11-14(2)20(15(3)12-13)27-10-9-25-22(27)19-17(23(5,6)29-24)7-8-18-21(19)28-16(4)26-18/h7-12H,1-6H3. The summed E-state index contributed by atoms with van der Waals surface area (Å²) in [5.74, 6) is 0.825. The Morgan fingerprint density at radius 1 is 1.07 bits per heavy atom. The van der Waals surface area contributed by atoms with Gasteiger partial charge in [-0.1, -0.05) is 23.8 Å². The maximum atomic E-state index is 14.0. The van der Waals surface area contributed by atoms with Crippen LogP contribution in [-0.2, 0) is 4.75 Å². The van der Waals surface area contributed by atoms with E-state index < -0.39 is 4.75 Å². The van der Waals surface area contributed by atoms with Crippen LogP contribution in [0.25, 0.3) is 27.3 Å². The summed E-state index contributed by atoms with van der Waals surface area (Å²) >= 11 is 2.00. The molecule has 4 rings (SSSR count). The molecule has 0 saturated carbocycles. The van der Waals surface area contributed by atoms with Crippen LogP contribution in [0.4, 0.5) is 3.89 Å². The van der Waals surface area contributed by atoms with Crippen molar-refractivity contribution in [1.29, 1.82) is 0 Å². The first kappa shape index (κ1) is 20.1. The second-order valence-electron chi connectivity index (χ2n) is 8.02. The summed E-state index contributed by atoms with van der Waals surface area (Å²) in [6.45, 7) is 12.2. The van der Waals surface area contributed by atoms with Gasteiger partial charge >= 0.3 is 0 Å². The molecule has 0 bridgehead atoms. The van der Waals surface area contributed by atoms with Crippen molar-refractivity contribution in [1.82, 2.24) is 14.5 Å². The molecule has 0 aliphatic carbocycles. The van der Waals surface area contributed by atoms with Crippen LogP contribution in [0.1, 0.15) is 41.1 Å². The first-order chi connectivity index (χ1) is 13.7. The van der Waals surface area contributed by atoms with E-state index in [9.17, 15) is 3.89 Å². The molecule has 0 fully saturated rings. The number of hydrogen-bond acceptors (Lipinski definition) is 4. The third-order valence-corrected chi connectivity index (χ3v) is 6.86. The van der Waals surface area contributed by atoms with Gasteiger partial charge in [0.05, 0.1) is 37.8 Å². The Morgan fingerprint density at radius 3 is 2.41 bits per heavy atom. The second kappa shape index (κ2) is 7.26. The zero-order valence-corrected chi connectivity index (χ0v) is 19.1. The molecule has 0 saturated heterocycles. The van der Waals surface area contributed by atoms with Gasteiger partial charge < -0.3 is 0 Å². The van der Waals surface area contributed by atoms with Crippen molar-refractivity contribution in [3.05, 3.63) is 63.9 Å². The maximum Gasteiger partial charge on any atom is 0.146 e. The largest absolute Gasteiger partial charge is 0.299 e. The van der Waals surface area contributed by atoms with Gasteiger partial charge in [0.15, 0.2) is 0 Å². The van der Waals surface area contributed by atoms with Crippen molar-refractivity contribution in [2.24, 2.45) is 0 Å². The molecule has 4 aromatic rings. The third-order valence-electron chi connectivity index (χ3n) is 5.25. The van der Waals surface area contributed by atoms with Crippen LogP contribution in [0, 0.1) is 27.7 Å². The highest BCUT2D eigenvalue weighted by Gasteiger charge is 2.30. The molecule has 0 unspecified atom stereocenters. The van der Waals surface area contributed by atoms with E-state index in [4.69, 9.17) is 4.98 Å². The molecule has 3 nitrogen and oxygen atoms in total. The monoisotopic (exact) mass is 425 g/mol. The second-order valence-corrected chi connectivity index (χ2v) is 10.4. The van der Waals surface area contributed by atoms with Gasteiger partial charge in [0.2, 0.25) is 0 Å². The van der Waals surface area contributed by atoms with Crippen LogP contribution < -0.4 is 0 Å². The molecule has 0 aliphatic heterocycles. The molecule has 0 atom stereocenters. The molecule has 2 aromatic heterocycles. The van der Waals surface area contributed by atoms with Crippen molar-refractivity contribution in [3.8, 4) is 17.1 Å². The van der Waals surface area contributed by atoms with E-state index in [0.717, 1.165) is 37.9 Å². The average Bonchev–Trinajstić information content (AvgIpc) is 3.25. The Balaban J connectivity index is 2.08.